The maximum absolute atomic E-state index is 12.6. The van der Waals surface area contributed by atoms with Crippen LogP contribution in [0.15, 0.2) is 42.5 Å². The van der Waals surface area contributed by atoms with E-state index in [-0.39, 0.29) is 24.4 Å². The second-order valence-electron chi connectivity index (χ2n) is 6.91. The number of para-hydroxylation sites is 1. The molecule has 0 aliphatic carbocycles. The molecule has 0 aliphatic rings. The van der Waals surface area contributed by atoms with Crippen LogP contribution in [-0.2, 0) is 9.59 Å². The summed E-state index contributed by atoms with van der Waals surface area (Å²) in [7, 11) is 3.51. The van der Waals surface area contributed by atoms with Gasteiger partial charge in [0.1, 0.15) is 11.8 Å². The Hall–Kier alpha value is -2.97. The summed E-state index contributed by atoms with van der Waals surface area (Å²) in [5.41, 5.74) is 2.09. The number of amides is 2. The summed E-state index contributed by atoms with van der Waals surface area (Å²) in [4.78, 5) is 29.6. The van der Waals surface area contributed by atoms with Gasteiger partial charge in [-0.3, -0.25) is 9.59 Å². The van der Waals surface area contributed by atoms with Crippen LogP contribution in [0.3, 0.4) is 0 Å². The van der Waals surface area contributed by atoms with E-state index in [0.717, 1.165) is 20.1 Å². The number of nitrogens with one attached hydrogen (secondary N) is 3. The summed E-state index contributed by atoms with van der Waals surface area (Å²) < 4.78 is 6.46. The molecule has 0 saturated carbocycles. The molecule has 7 nitrogen and oxygen atoms in total. The van der Waals surface area contributed by atoms with E-state index in [0.29, 0.717) is 17.1 Å². The summed E-state index contributed by atoms with van der Waals surface area (Å²) in [5.74, 6) is 0.208. The second kappa shape index (κ2) is 9.02. The predicted molar refractivity (Wildman–Crippen MR) is 116 cm³/mol. The number of hydrogen-bond acceptors (Lipinski definition) is 5. The monoisotopic (exact) mass is 413 g/mol. The average molecular weight is 414 g/mol. The van der Waals surface area contributed by atoms with Crippen molar-refractivity contribution < 1.29 is 19.2 Å². The van der Waals surface area contributed by atoms with Crippen LogP contribution in [0.2, 0.25) is 0 Å². The zero-order valence-corrected chi connectivity index (χ0v) is 17.7. The lowest BCUT2D eigenvalue weighted by molar-refractivity contribution is -0.902. The highest BCUT2D eigenvalue weighted by Crippen LogP contribution is 2.28. The molecule has 1 aromatic heterocycles. The van der Waals surface area contributed by atoms with Gasteiger partial charge in [-0.05, 0) is 37.3 Å². The minimum Gasteiger partial charge on any atom is -0.495 e. The first-order valence-electron chi connectivity index (χ1n) is 9.30. The number of ether oxygens (including phenoxy) is 1. The molecule has 3 rings (SSSR count). The molecular formula is C21H25N4O3S+. The number of anilines is 2. The van der Waals surface area contributed by atoms with Crippen LogP contribution in [0, 0.1) is 0 Å². The van der Waals surface area contributed by atoms with Crippen molar-refractivity contribution >= 4 is 44.7 Å². The summed E-state index contributed by atoms with van der Waals surface area (Å²) in [5, 5.41) is 6.59. The molecule has 1 unspecified atom stereocenters. The number of thiazole rings is 1. The number of hydrogen-bond donors (Lipinski definition) is 3. The van der Waals surface area contributed by atoms with Crippen molar-refractivity contribution in [3.8, 4) is 5.75 Å². The van der Waals surface area contributed by atoms with Crippen molar-refractivity contribution in [3.05, 3.63) is 47.5 Å². The van der Waals surface area contributed by atoms with Crippen molar-refractivity contribution in [2.45, 2.75) is 19.9 Å². The minimum atomic E-state index is -0.179. The van der Waals surface area contributed by atoms with Crippen molar-refractivity contribution in [1.82, 2.24) is 4.98 Å². The lowest BCUT2D eigenvalue weighted by atomic mass is 10.2. The SMILES string of the molecule is COc1ccc(NC(C)=O)cc1NC(=O)C[NH+](C)[C@H](C)c1nc2ccccc2s1. The highest BCUT2D eigenvalue weighted by atomic mass is 32.1. The molecule has 0 fully saturated rings. The number of methoxy groups -OCH3 is 1. The molecule has 0 saturated heterocycles. The summed E-state index contributed by atoms with van der Waals surface area (Å²) >= 11 is 1.65. The molecule has 152 valence electrons. The van der Waals surface area contributed by atoms with E-state index in [4.69, 9.17) is 9.72 Å². The number of fused-ring (bicyclic) bond motifs is 1. The number of carbonyl (C=O) groups excluding carboxylic acids is 2. The third-order valence-corrected chi connectivity index (χ3v) is 5.87. The Bertz CT molecular complexity index is 1000. The van der Waals surface area contributed by atoms with E-state index in [1.165, 1.54) is 14.0 Å². The summed E-state index contributed by atoms with van der Waals surface area (Å²) in [6, 6.07) is 13.2. The van der Waals surface area contributed by atoms with Gasteiger partial charge >= 0.3 is 0 Å². The molecule has 29 heavy (non-hydrogen) atoms. The van der Waals surface area contributed by atoms with Crippen LogP contribution >= 0.6 is 11.3 Å². The Morgan fingerprint density at radius 1 is 1.21 bits per heavy atom. The first kappa shape index (κ1) is 20.8. The quantitative estimate of drug-likeness (QED) is 0.556. The van der Waals surface area contributed by atoms with Gasteiger partial charge in [0.25, 0.3) is 5.91 Å². The fourth-order valence-electron chi connectivity index (χ4n) is 2.97. The van der Waals surface area contributed by atoms with Gasteiger partial charge in [-0.25, -0.2) is 4.98 Å². The van der Waals surface area contributed by atoms with E-state index in [1.807, 2.05) is 25.2 Å². The van der Waals surface area contributed by atoms with E-state index in [2.05, 4.69) is 23.6 Å². The first-order valence-corrected chi connectivity index (χ1v) is 10.1. The predicted octanol–water partition coefficient (Wildman–Crippen LogP) is 2.48. The molecule has 1 heterocycles. The van der Waals surface area contributed by atoms with Crippen molar-refractivity contribution in [1.29, 1.82) is 0 Å². The summed E-state index contributed by atoms with van der Waals surface area (Å²) in [6.45, 7) is 3.77. The maximum atomic E-state index is 12.6. The van der Waals surface area contributed by atoms with E-state index in [1.54, 1.807) is 29.5 Å². The van der Waals surface area contributed by atoms with Crippen LogP contribution in [0.25, 0.3) is 10.2 Å². The molecule has 2 aromatic carbocycles. The Morgan fingerprint density at radius 2 is 1.97 bits per heavy atom. The Morgan fingerprint density at radius 3 is 2.66 bits per heavy atom. The lowest BCUT2D eigenvalue weighted by Crippen LogP contribution is -3.10. The highest BCUT2D eigenvalue weighted by molar-refractivity contribution is 7.18. The van der Waals surface area contributed by atoms with Gasteiger partial charge < -0.3 is 20.3 Å². The second-order valence-corrected chi connectivity index (χ2v) is 7.97. The van der Waals surface area contributed by atoms with Gasteiger partial charge in [-0.2, -0.15) is 0 Å². The van der Waals surface area contributed by atoms with Gasteiger partial charge in [0.2, 0.25) is 5.91 Å². The third kappa shape index (κ3) is 5.10. The van der Waals surface area contributed by atoms with Gasteiger partial charge in [0, 0.05) is 12.6 Å². The smallest absolute Gasteiger partial charge is 0.279 e. The van der Waals surface area contributed by atoms with E-state index < -0.39 is 0 Å². The molecule has 0 radical (unpaired) electrons. The van der Waals surface area contributed by atoms with Crippen LogP contribution in [-0.4, -0.2) is 37.5 Å². The highest BCUT2D eigenvalue weighted by Gasteiger charge is 2.22. The number of benzene rings is 2. The fourth-order valence-corrected chi connectivity index (χ4v) is 4.09. The topological polar surface area (TPSA) is 84.8 Å². The molecule has 2 amide bonds. The fraction of sp³-hybridized carbons (Fsp3) is 0.286. The lowest BCUT2D eigenvalue weighted by Gasteiger charge is -2.20. The molecule has 0 aliphatic heterocycles. The first-order chi connectivity index (χ1) is 13.9. The average Bonchev–Trinajstić information content (AvgIpc) is 3.11. The van der Waals surface area contributed by atoms with Crippen LogP contribution in [0.1, 0.15) is 24.9 Å². The van der Waals surface area contributed by atoms with Crippen molar-refractivity contribution in [2.24, 2.45) is 0 Å². The zero-order valence-electron chi connectivity index (χ0n) is 16.9. The Balaban J connectivity index is 1.68. The Kier molecular flexibility index (Phi) is 6.46. The number of carbonyl (C=O) groups is 2. The number of rotatable bonds is 7. The molecule has 2 atom stereocenters. The van der Waals surface area contributed by atoms with Crippen molar-refractivity contribution in [2.75, 3.05) is 31.3 Å². The third-order valence-electron chi connectivity index (χ3n) is 4.65. The number of quaternary nitrogens is 1. The molecule has 8 heteroatoms. The van der Waals surface area contributed by atoms with Crippen LogP contribution in [0.4, 0.5) is 11.4 Å². The molecule has 3 N–H and O–H groups in total. The van der Waals surface area contributed by atoms with E-state index >= 15 is 0 Å². The standard InChI is InChI=1S/C21H24N4O3S/c1-13(21-24-16-7-5-6-8-19(16)29-21)25(3)12-20(27)23-17-11-15(22-14(2)26)9-10-18(17)28-4/h5-11,13H,12H2,1-4H3,(H,22,26)(H,23,27)/p+1/t13-/m1/s1. The van der Waals surface area contributed by atoms with Gasteiger partial charge in [-0.1, -0.05) is 12.1 Å². The minimum absolute atomic E-state index is 0.0748. The molecule has 0 spiro atoms. The maximum Gasteiger partial charge on any atom is 0.279 e. The number of nitrogens with zero attached hydrogens (tertiary/aromatic N) is 1. The van der Waals surface area contributed by atoms with Crippen LogP contribution < -0.4 is 20.3 Å². The summed E-state index contributed by atoms with van der Waals surface area (Å²) in [6.07, 6.45) is 0. The largest absolute Gasteiger partial charge is 0.495 e. The number of aromatic nitrogens is 1. The Labute approximate surface area is 173 Å². The molecule has 3 aromatic rings. The van der Waals surface area contributed by atoms with Crippen LogP contribution in [0.5, 0.6) is 5.75 Å². The zero-order chi connectivity index (χ0) is 21.0. The number of likely N-dealkylation sites (N-methyl/N-ethyl adjacent to an activating group) is 1. The van der Waals surface area contributed by atoms with E-state index in [9.17, 15) is 9.59 Å². The molecule has 0 bridgehead atoms. The normalized spacial score (nSPS) is 13.0. The van der Waals surface area contributed by atoms with Gasteiger partial charge in [-0.15, -0.1) is 11.3 Å². The van der Waals surface area contributed by atoms with Gasteiger partial charge in [0.15, 0.2) is 11.6 Å². The van der Waals surface area contributed by atoms with Gasteiger partial charge in [0.05, 0.1) is 30.1 Å². The van der Waals surface area contributed by atoms with Crippen molar-refractivity contribution in [3.63, 3.8) is 0 Å². The molecular weight excluding hydrogens is 388 g/mol.